The predicted molar refractivity (Wildman–Crippen MR) is 62.5 cm³/mol. The minimum atomic E-state index is -0.808. The normalized spacial score (nSPS) is 25.9. The van der Waals surface area contributed by atoms with E-state index in [1.54, 1.807) is 12.0 Å². The van der Waals surface area contributed by atoms with Crippen LogP contribution in [0.5, 0.6) is 0 Å². The summed E-state index contributed by atoms with van der Waals surface area (Å²) in [6.45, 7) is 5.28. The summed E-state index contributed by atoms with van der Waals surface area (Å²) >= 11 is 0. The molecule has 0 aromatic rings. The highest BCUT2D eigenvalue weighted by Crippen LogP contribution is 2.24. The number of hydrogen-bond donors (Lipinski definition) is 1. The van der Waals surface area contributed by atoms with Gasteiger partial charge in [0, 0.05) is 33.2 Å². The third-order valence-electron chi connectivity index (χ3n) is 3.26. The molecule has 1 aliphatic heterocycles. The Morgan fingerprint density at radius 1 is 1.47 bits per heavy atom. The number of carbonyl (C=O) groups is 2. The van der Waals surface area contributed by atoms with E-state index in [9.17, 15) is 9.59 Å². The monoisotopic (exact) mass is 243 g/mol. The number of carboxylic acids is 1. The number of hydrogen-bond acceptors (Lipinski definition) is 3. The third kappa shape index (κ3) is 3.70. The van der Waals surface area contributed by atoms with E-state index in [1.807, 2.05) is 13.8 Å². The van der Waals surface area contributed by atoms with Crippen LogP contribution in [0.4, 0.5) is 0 Å². The van der Waals surface area contributed by atoms with Crippen molar-refractivity contribution in [3.63, 3.8) is 0 Å². The lowest BCUT2D eigenvalue weighted by atomic mass is 9.99. The zero-order valence-electron chi connectivity index (χ0n) is 10.7. The number of nitrogens with zero attached hydrogens (tertiary/aromatic N) is 1. The average Bonchev–Trinajstić information content (AvgIpc) is 2.60. The standard InChI is InChI=1S/C12H21NO4/c1-8(7-17-3)4-11(14)13-5-9(2)10(6-13)12(15)16/h8-10H,4-7H2,1-3H3,(H,15,16)/t8?,9-,10-/m1/s1. The summed E-state index contributed by atoms with van der Waals surface area (Å²) in [5, 5.41) is 8.99. The molecule has 17 heavy (non-hydrogen) atoms. The summed E-state index contributed by atoms with van der Waals surface area (Å²) in [5.41, 5.74) is 0. The highest BCUT2D eigenvalue weighted by Gasteiger charge is 2.36. The second kappa shape index (κ2) is 6.00. The van der Waals surface area contributed by atoms with Crippen LogP contribution >= 0.6 is 0 Å². The van der Waals surface area contributed by atoms with Crippen LogP contribution in [-0.2, 0) is 14.3 Å². The van der Waals surface area contributed by atoms with Crippen LogP contribution in [0.3, 0.4) is 0 Å². The maximum Gasteiger partial charge on any atom is 0.308 e. The number of aliphatic carboxylic acids is 1. The summed E-state index contributed by atoms with van der Waals surface area (Å²) < 4.78 is 4.98. The molecule has 5 heteroatoms. The Bertz CT molecular complexity index is 292. The van der Waals surface area contributed by atoms with Crippen molar-refractivity contribution < 1.29 is 19.4 Å². The molecule has 0 aromatic heterocycles. The largest absolute Gasteiger partial charge is 0.481 e. The SMILES string of the molecule is COCC(C)CC(=O)N1C[C@@H](C)[C@H](C(=O)O)C1. The molecular formula is C12H21NO4. The molecule has 5 nitrogen and oxygen atoms in total. The van der Waals surface area contributed by atoms with Gasteiger partial charge < -0.3 is 14.7 Å². The lowest BCUT2D eigenvalue weighted by Crippen LogP contribution is -2.31. The van der Waals surface area contributed by atoms with Crippen molar-refractivity contribution in [3.8, 4) is 0 Å². The van der Waals surface area contributed by atoms with Crippen LogP contribution in [0.15, 0.2) is 0 Å². The molecule has 1 unspecified atom stereocenters. The van der Waals surface area contributed by atoms with Crippen molar-refractivity contribution in [1.29, 1.82) is 0 Å². The van der Waals surface area contributed by atoms with Crippen LogP contribution < -0.4 is 0 Å². The van der Waals surface area contributed by atoms with E-state index in [0.29, 0.717) is 26.1 Å². The predicted octanol–water partition coefficient (Wildman–Crippen LogP) is 0.838. The number of carbonyl (C=O) groups excluding carboxylic acids is 1. The molecule has 1 saturated heterocycles. The van der Waals surface area contributed by atoms with Gasteiger partial charge in [0.2, 0.25) is 5.91 Å². The van der Waals surface area contributed by atoms with Gasteiger partial charge in [-0.15, -0.1) is 0 Å². The molecule has 0 bridgehead atoms. The molecule has 1 N–H and O–H groups in total. The Balaban J connectivity index is 2.47. The molecule has 1 heterocycles. The zero-order chi connectivity index (χ0) is 13.0. The lowest BCUT2D eigenvalue weighted by molar-refractivity contribution is -0.142. The second-order valence-electron chi connectivity index (χ2n) is 4.99. The van der Waals surface area contributed by atoms with Gasteiger partial charge in [-0.2, -0.15) is 0 Å². The second-order valence-corrected chi connectivity index (χ2v) is 4.99. The van der Waals surface area contributed by atoms with E-state index < -0.39 is 11.9 Å². The van der Waals surface area contributed by atoms with E-state index in [-0.39, 0.29) is 17.7 Å². The molecule has 1 fully saturated rings. The Hall–Kier alpha value is -1.10. The van der Waals surface area contributed by atoms with Crippen LogP contribution in [0, 0.1) is 17.8 Å². The van der Waals surface area contributed by atoms with Crippen molar-refractivity contribution in [2.75, 3.05) is 26.8 Å². The first-order valence-electron chi connectivity index (χ1n) is 5.95. The zero-order valence-corrected chi connectivity index (χ0v) is 10.7. The van der Waals surface area contributed by atoms with Gasteiger partial charge in [0.15, 0.2) is 0 Å². The highest BCUT2D eigenvalue weighted by molar-refractivity contribution is 5.79. The number of amides is 1. The van der Waals surface area contributed by atoms with Gasteiger partial charge in [0.05, 0.1) is 5.92 Å². The molecule has 98 valence electrons. The quantitative estimate of drug-likeness (QED) is 0.777. The fourth-order valence-electron chi connectivity index (χ4n) is 2.26. The number of rotatable bonds is 5. The number of methoxy groups -OCH3 is 1. The maximum absolute atomic E-state index is 11.9. The molecule has 0 spiro atoms. The molecule has 0 radical (unpaired) electrons. The Morgan fingerprint density at radius 2 is 2.12 bits per heavy atom. The molecule has 0 aliphatic carbocycles. The Kier molecular flexibility index (Phi) is 4.93. The minimum Gasteiger partial charge on any atom is -0.481 e. The Morgan fingerprint density at radius 3 is 2.59 bits per heavy atom. The number of ether oxygens (including phenoxy) is 1. The molecule has 1 amide bonds. The van der Waals surface area contributed by atoms with Gasteiger partial charge >= 0.3 is 5.97 Å². The van der Waals surface area contributed by atoms with Crippen molar-refractivity contribution in [1.82, 2.24) is 4.90 Å². The fourth-order valence-corrected chi connectivity index (χ4v) is 2.26. The summed E-state index contributed by atoms with van der Waals surface area (Å²) in [4.78, 5) is 24.5. The molecule has 0 saturated carbocycles. The number of likely N-dealkylation sites (tertiary alicyclic amines) is 1. The van der Waals surface area contributed by atoms with Crippen molar-refractivity contribution in [3.05, 3.63) is 0 Å². The third-order valence-corrected chi connectivity index (χ3v) is 3.26. The van der Waals surface area contributed by atoms with Crippen LogP contribution in [0.2, 0.25) is 0 Å². The van der Waals surface area contributed by atoms with E-state index in [2.05, 4.69) is 0 Å². The van der Waals surface area contributed by atoms with Crippen LogP contribution in [0.1, 0.15) is 20.3 Å². The summed E-state index contributed by atoms with van der Waals surface area (Å²) in [6, 6.07) is 0. The van der Waals surface area contributed by atoms with Crippen molar-refractivity contribution >= 4 is 11.9 Å². The summed E-state index contributed by atoms with van der Waals surface area (Å²) in [7, 11) is 1.61. The fraction of sp³-hybridized carbons (Fsp3) is 0.833. The average molecular weight is 243 g/mol. The molecule has 1 aliphatic rings. The lowest BCUT2D eigenvalue weighted by Gasteiger charge is -2.18. The van der Waals surface area contributed by atoms with Gasteiger partial charge in [-0.1, -0.05) is 13.8 Å². The summed E-state index contributed by atoms with van der Waals surface area (Å²) in [6.07, 6.45) is 0.424. The van der Waals surface area contributed by atoms with E-state index >= 15 is 0 Å². The van der Waals surface area contributed by atoms with Gasteiger partial charge in [0.25, 0.3) is 0 Å². The van der Waals surface area contributed by atoms with Gasteiger partial charge in [-0.25, -0.2) is 0 Å². The van der Waals surface area contributed by atoms with E-state index in [4.69, 9.17) is 9.84 Å². The van der Waals surface area contributed by atoms with E-state index in [1.165, 1.54) is 0 Å². The smallest absolute Gasteiger partial charge is 0.308 e. The first-order valence-corrected chi connectivity index (χ1v) is 5.95. The first-order chi connectivity index (χ1) is 7.95. The molecule has 1 rings (SSSR count). The van der Waals surface area contributed by atoms with Gasteiger partial charge in [0.1, 0.15) is 0 Å². The van der Waals surface area contributed by atoms with Crippen LogP contribution in [0.25, 0.3) is 0 Å². The van der Waals surface area contributed by atoms with Crippen molar-refractivity contribution in [2.24, 2.45) is 17.8 Å². The minimum absolute atomic E-state index is 0.0325. The highest BCUT2D eigenvalue weighted by atomic mass is 16.5. The molecule has 3 atom stereocenters. The Labute approximate surface area is 102 Å². The maximum atomic E-state index is 11.9. The van der Waals surface area contributed by atoms with E-state index in [0.717, 1.165) is 0 Å². The summed E-state index contributed by atoms with van der Waals surface area (Å²) in [5.74, 6) is -0.986. The van der Waals surface area contributed by atoms with Crippen molar-refractivity contribution in [2.45, 2.75) is 20.3 Å². The number of carboxylic acid groups (broad SMARTS) is 1. The molecule has 0 aromatic carbocycles. The van der Waals surface area contributed by atoms with Crippen LogP contribution in [-0.4, -0.2) is 48.7 Å². The topological polar surface area (TPSA) is 66.8 Å². The molecular weight excluding hydrogens is 222 g/mol. The van der Waals surface area contributed by atoms with Gasteiger partial charge in [-0.3, -0.25) is 9.59 Å². The first kappa shape index (κ1) is 14.0. The van der Waals surface area contributed by atoms with Gasteiger partial charge in [-0.05, 0) is 11.8 Å².